The Hall–Kier alpha value is 0.0569. The number of hydrogen-bond donors (Lipinski definition) is 0. The lowest BCUT2D eigenvalue weighted by Gasteiger charge is -2.18. The Balaban J connectivity index is 0. The molecule has 2 N–H and O–H groups in total. The smallest absolute Gasteiger partial charge is 0.412 e. The van der Waals surface area contributed by atoms with Gasteiger partial charge >= 0.3 is 8.80 Å². The minimum atomic E-state index is -2.17. The molecular weight excluding hydrogens is 140 g/mol. The average molecular weight is 154 g/mol. The third-order valence-corrected chi connectivity index (χ3v) is 3.34. The van der Waals surface area contributed by atoms with E-state index in [4.69, 9.17) is 13.3 Å². The van der Waals surface area contributed by atoms with Gasteiger partial charge in [-0.15, -0.1) is 0 Å². The van der Waals surface area contributed by atoms with Crippen molar-refractivity contribution in [2.45, 2.75) is 6.55 Å². The van der Waals surface area contributed by atoms with Gasteiger partial charge in [0.15, 0.2) is 0 Å². The van der Waals surface area contributed by atoms with Gasteiger partial charge in [-0.05, 0) is 0 Å². The highest BCUT2D eigenvalue weighted by atomic mass is 28.4. The molecule has 9 heavy (non-hydrogen) atoms. The summed E-state index contributed by atoms with van der Waals surface area (Å²) in [5.74, 6) is 0. The Bertz CT molecular complexity index is 55.3. The zero-order chi connectivity index (χ0) is 6.62. The second kappa shape index (κ2) is 4.89. The van der Waals surface area contributed by atoms with Gasteiger partial charge in [0.1, 0.15) is 0 Å². The van der Waals surface area contributed by atoms with Crippen LogP contribution in [0.1, 0.15) is 0 Å². The summed E-state index contributed by atoms with van der Waals surface area (Å²) in [7, 11) is 2.58. The second-order valence-corrected chi connectivity index (χ2v) is 4.42. The quantitative estimate of drug-likeness (QED) is 0.523. The van der Waals surface area contributed by atoms with Gasteiger partial charge in [0.05, 0.1) is 0 Å². The van der Waals surface area contributed by atoms with Crippen LogP contribution >= 0.6 is 0 Å². The van der Waals surface area contributed by atoms with E-state index in [0.29, 0.717) is 0 Å². The van der Waals surface area contributed by atoms with Gasteiger partial charge < -0.3 is 18.8 Å². The fourth-order valence-corrected chi connectivity index (χ4v) is 0.750. The molecule has 0 amide bonds. The first kappa shape index (κ1) is 11.8. The van der Waals surface area contributed by atoms with Crippen molar-refractivity contribution in [1.82, 2.24) is 0 Å². The molecule has 0 saturated carbocycles. The van der Waals surface area contributed by atoms with E-state index in [9.17, 15) is 0 Å². The zero-order valence-corrected chi connectivity index (χ0v) is 7.22. The summed E-state index contributed by atoms with van der Waals surface area (Å²) in [5, 5.41) is 0. The summed E-state index contributed by atoms with van der Waals surface area (Å²) in [6, 6.07) is 0. The molecule has 0 bridgehead atoms. The van der Waals surface area contributed by atoms with E-state index in [-0.39, 0.29) is 5.48 Å². The van der Waals surface area contributed by atoms with Crippen molar-refractivity contribution in [3.05, 3.63) is 0 Å². The molecule has 0 saturated heterocycles. The van der Waals surface area contributed by atoms with Gasteiger partial charge in [-0.25, -0.2) is 0 Å². The highest BCUT2D eigenvalue weighted by Crippen LogP contribution is 2.02. The maximum absolute atomic E-state index is 4.93. The van der Waals surface area contributed by atoms with Gasteiger partial charge in [-0.3, -0.25) is 0 Å². The largest absolute Gasteiger partial charge is 0.496 e. The van der Waals surface area contributed by atoms with Gasteiger partial charge in [0, 0.05) is 27.9 Å². The lowest BCUT2D eigenvalue weighted by atomic mass is 11.8. The Morgan fingerprint density at radius 2 is 1.11 bits per heavy atom. The van der Waals surface area contributed by atoms with Crippen LogP contribution in [0.5, 0.6) is 0 Å². The molecule has 0 fully saturated rings. The Morgan fingerprint density at radius 3 is 1.11 bits per heavy atom. The third kappa shape index (κ3) is 3.60. The SMILES string of the molecule is CO[Si](C)(OC)OC.O. The highest BCUT2D eigenvalue weighted by Gasteiger charge is 2.29. The fourth-order valence-electron chi connectivity index (χ4n) is 0.250. The van der Waals surface area contributed by atoms with Gasteiger partial charge in [-0.2, -0.15) is 0 Å². The van der Waals surface area contributed by atoms with E-state index in [1.54, 1.807) is 21.3 Å². The summed E-state index contributed by atoms with van der Waals surface area (Å²) >= 11 is 0. The van der Waals surface area contributed by atoms with Crippen LogP contribution in [-0.2, 0) is 13.3 Å². The predicted octanol–water partition coefficient (Wildman–Crippen LogP) is -0.330. The Morgan fingerprint density at radius 1 is 0.889 bits per heavy atom. The predicted molar refractivity (Wildman–Crippen MR) is 36.3 cm³/mol. The number of hydrogen-bond acceptors (Lipinski definition) is 3. The van der Waals surface area contributed by atoms with Crippen molar-refractivity contribution in [1.29, 1.82) is 0 Å². The molecule has 0 unspecified atom stereocenters. The van der Waals surface area contributed by atoms with Gasteiger partial charge in [-0.1, -0.05) is 0 Å². The zero-order valence-electron chi connectivity index (χ0n) is 6.22. The standard InChI is InChI=1S/C4H12O3Si.H2O/c1-5-8(4,6-2)7-3;/h1-4H3;1H2. The van der Waals surface area contributed by atoms with E-state index in [0.717, 1.165) is 0 Å². The molecule has 4 nitrogen and oxygen atoms in total. The lowest BCUT2D eigenvalue weighted by Crippen LogP contribution is -2.38. The normalized spacial score (nSPS) is 10.7. The minimum Gasteiger partial charge on any atom is -0.412 e. The summed E-state index contributed by atoms with van der Waals surface area (Å²) in [6.07, 6.45) is 0. The molecule has 0 aromatic rings. The summed E-state index contributed by atoms with van der Waals surface area (Å²) in [4.78, 5) is 0. The third-order valence-electron chi connectivity index (χ3n) is 1.11. The molecule has 0 aliphatic carbocycles. The van der Waals surface area contributed by atoms with Crippen molar-refractivity contribution < 1.29 is 18.8 Å². The molecule has 0 rings (SSSR count). The fraction of sp³-hybridized carbons (Fsp3) is 1.00. The van der Waals surface area contributed by atoms with Crippen molar-refractivity contribution in [2.75, 3.05) is 21.3 Å². The van der Waals surface area contributed by atoms with Crippen LogP contribution in [0.15, 0.2) is 0 Å². The number of rotatable bonds is 3. The summed E-state index contributed by atoms with van der Waals surface area (Å²) in [6.45, 7) is 1.83. The van der Waals surface area contributed by atoms with Crippen molar-refractivity contribution in [3.8, 4) is 0 Å². The molecule has 0 heterocycles. The van der Waals surface area contributed by atoms with E-state index < -0.39 is 8.80 Å². The summed E-state index contributed by atoms with van der Waals surface area (Å²) in [5.41, 5.74) is 0. The van der Waals surface area contributed by atoms with Crippen LogP contribution in [0.4, 0.5) is 0 Å². The second-order valence-electron chi connectivity index (χ2n) is 1.47. The van der Waals surface area contributed by atoms with Crippen LogP contribution < -0.4 is 0 Å². The van der Waals surface area contributed by atoms with Crippen LogP contribution in [0.3, 0.4) is 0 Å². The molecule has 0 aliphatic heterocycles. The van der Waals surface area contributed by atoms with Crippen molar-refractivity contribution in [2.24, 2.45) is 0 Å². The van der Waals surface area contributed by atoms with Crippen LogP contribution in [0, 0.1) is 0 Å². The van der Waals surface area contributed by atoms with Crippen LogP contribution in [0.25, 0.3) is 0 Å². The summed E-state index contributed by atoms with van der Waals surface area (Å²) < 4.78 is 14.8. The Kier molecular flexibility index (Phi) is 6.42. The van der Waals surface area contributed by atoms with E-state index in [1.165, 1.54) is 0 Å². The van der Waals surface area contributed by atoms with E-state index >= 15 is 0 Å². The molecular formula is C4H14O4Si. The molecule has 0 aromatic carbocycles. The topological polar surface area (TPSA) is 59.2 Å². The average Bonchev–Trinajstić information content (AvgIpc) is 1.87. The molecule has 0 spiro atoms. The maximum atomic E-state index is 4.93. The first-order valence-corrected chi connectivity index (χ1v) is 4.56. The highest BCUT2D eigenvalue weighted by molar-refractivity contribution is 6.58. The Labute approximate surface area is 56.4 Å². The first-order valence-electron chi connectivity index (χ1n) is 2.34. The molecule has 0 aliphatic rings. The van der Waals surface area contributed by atoms with Gasteiger partial charge in [0.25, 0.3) is 0 Å². The maximum Gasteiger partial charge on any atom is 0.496 e. The first-order chi connectivity index (χ1) is 3.68. The van der Waals surface area contributed by atoms with Crippen LogP contribution in [-0.4, -0.2) is 35.6 Å². The monoisotopic (exact) mass is 154 g/mol. The minimum absolute atomic E-state index is 0. The molecule has 0 atom stereocenters. The van der Waals surface area contributed by atoms with Crippen LogP contribution in [0.2, 0.25) is 6.55 Å². The molecule has 0 radical (unpaired) electrons. The van der Waals surface area contributed by atoms with Gasteiger partial charge in [0.2, 0.25) is 0 Å². The van der Waals surface area contributed by atoms with E-state index in [1.807, 2.05) is 6.55 Å². The molecule has 0 aromatic heterocycles. The van der Waals surface area contributed by atoms with E-state index in [2.05, 4.69) is 0 Å². The lowest BCUT2D eigenvalue weighted by molar-refractivity contribution is 0.132. The van der Waals surface area contributed by atoms with Crippen molar-refractivity contribution >= 4 is 8.80 Å². The molecule has 5 heteroatoms. The van der Waals surface area contributed by atoms with Crippen molar-refractivity contribution in [3.63, 3.8) is 0 Å². The molecule has 58 valence electrons.